The quantitative estimate of drug-likeness (QED) is 0.710. The van der Waals surface area contributed by atoms with Gasteiger partial charge < -0.3 is 10.2 Å². The van der Waals surface area contributed by atoms with Crippen molar-refractivity contribution < 1.29 is 9.59 Å². The van der Waals surface area contributed by atoms with E-state index in [0.29, 0.717) is 12.1 Å². The average molecular weight is 327 g/mol. The summed E-state index contributed by atoms with van der Waals surface area (Å²) in [5.41, 5.74) is 1.94. The highest BCUT2D eigenvalue weighted by molar-refractivity contribution is 5.97. The SMILES string of the molecule is CCCc1ccc(C(=O)CCC(=O)N(C)CCNC)cc1.Cl. The molecule has 0 saturated heterocycles. The summed E-state index contributed by atoms with van der Waals surface area (Å²) in [7, 11) is 3.62. The van der Waals surface area contributed by atoms with Crippen molar-refractivity contribution in [3.63, 3.8) is 0 Å². The summed E-state index contributed by atoms with van der Waals surface area (Å²) in [5, 5.41) is 3.00. The zero-order valence-electron chi connectivity index (χ0n) is 13.7. The van der Waals surface area contributed by atoms with Crippen LogP contribution in [0, 0.1) is 0 Å². The molecule has 1 rings (SSSR count). The van der Waals surface area contributed by atoms with Gasteiger partial charge in [-0.3, -0.25) is 9.59 Å². The summed E-state index contributed by atoms with van der Waals surface area (Å²) in [5.74, 6) is 0.0506. The van der Waals surface area contributed by atoms with E-state index in [0.717, 1.165) is 19.4 Å². The Bertz CT molecular complexity index is 460. The Balaban J connectivity index is 0.00000441. The molecule has 0 fully saturated rings. The molecule has 1 amide bonds. The lowest BCUT2D eigenvalue weighted by Gasteiger charge is -2.16. The minimum Gasteiger partial charge on any atom is -0.344 e. The molecule has 5 heteroatoms. The number of halogens is 1. The van der Waals surface area contributed by atoms with Crippen molar-refractivity contribution in [2.75, 3.05) is 27.2 Å². The fraction of sp³-hybridized carbons (Fsp3) is 0.529. The first-order chi connectivity index (χ1) is 10.1. The van der Waals surface area contributed by atoms with Crippen LogP contribution < -0.4 is 5.32 Å². The molecule has 0 aromatic heterocycles. The van der Waals surface area contributed by atoms with E-state index in [9.17, 15) is 9.59 Å². The lowest BCUT2D eigenvalue weighted by molar-refractivity contribution is -0.129. The lowest BCUT2D eigenvalue weighted by Crippen LogP contribution is -2.32. The molecule has 0 atom stereocenters. The van der Waals surface area contributed by atoms with Gasteiger partial charge in [0.2, 0.25) is 5.91 Å². The molecule has 22 heavy (non-hydrogen) atoms. The molecule has 0 unspecified atom stereocenters. The Kier molecular flexibility index (Phi) is 10.5. The van der Waals surface area contributed by atoms with E-state index in [4.69, 9.17) is 0 Å². The number of carbonyl (C=O) groups excluding carboxylic acids is 2. The summed E-state index contributed by atoms with van der Waals surface area (Å²) < 4.78 is 0. The van der Waals surface area contributed by atoms with Crippen LogP contribution in [0.5, 0.6) is 0 Å². The summed E-state index contributed by atoms with van der Waals surface area (Å²) >= 11 is 0. The van der Waals surface area contributed by atoms with E-state index in [1.54, 1.807) is 11.9 Å². The monoisotopic (exact) mass is 326 g/mol. The number of hydrogen-bond donors (Lipinski definition) is 1. The highest BCUT2D eigenvalue weighted by Crippen LogP contribution is 2.10. The number of hydrogen-bond acceptors (Lipinski definition) is 3. The number of nitrogens with one attached hydrogen (secondary N) is 1. The van der Waals surface area contributed by atoms with E-state index in [1.165, 1.54) is 5.56 Å². The van der Waals surface area contributed by atoms with Crippen LogP contribution >= 0.6 is 12.4 Å². The van der Waals surface area contributed by atoms with E-state index in [1.807, 2.05) is 31.3 Å². The number of carbonyl (C=O) groups is 2. The fourth-order valence-corrected chi connectivity index (χ4v) is 2.11. The third-order valence-electron chi connectivity index (χ3n) is 3.50. The van der Waals surface area contributed by atoms with Crippen LogP contribution in [0.3, 0.4) is 0 Å². The minimum atomic E-state index is 0. The average Bonchev–Trinajstić information content (AvgIpc) is 2.50. The van der Waals surface area contributed by atoms with Gasteiger partial charge in [-0.1, -0.05) is 37.6 Å². The molecule has 0 heterocycles. The zero-order valence-corrected chi connectivity index (χ0v) is 14.5. The van der Waals surface area contributed by atoms with Gasteiger partial charge in [-0.15, -0.1) is 12.4 Å². The van der Waals surface area contributed by atoms with Crippen molar-refractivity contribution in [2.24, 2.45) is 0 Å². The van der Waals surface area contributed by atoms with Crippen molar-refractivity contribution in [2.45, 2.75) is 32.6 Å². The van der Waals surface area contributed by atoms with Gasteiger partial charge in [-0.25, -0.2) is 0 Å². The van der Waals surface area contributed by atoms with Gasteiger partial charge in [0.25, 0.3) is 0 Å². The molecule has 4 nitrogen and oxygen atoms in total. The summed E-state index contributed by atoms with van der Waals surface area (Å²) in [6.07, 6.45) is 2.68. The summed E-state index contributed by atoms with van der Waals surface area (Å²) in [6, 6.07) is 7.72. The van der Waals surface area contributed by atoms with E-state index in [2.05, 4.69) is 12.2 Å². The Morgan fingerprint density at radius 1 is 1.14 bits per heavy atom. The van der Waals surface area contributed by atoms with Crippen molar-refractivity contribution >= 4 is 24.1 Å². The minimum absolute atomic E-state index is 0. The maximum Gasteiger partial charge on any atom is 0.222 e. The number of nitrogens with zero attached hydrogens (tertiary/aromatic N) is 1. The van der Waals surface area contributed by atoms with Crippen LogP contribution in [-0.2, 0) is 11.2 Å². The Hall–Kier alpha value is -1.39. The molecule has 1 N–H and O–H groups in total. The maximum absolute atomic E-state index is 12.1. The second kappa shape index (κ2) is 11.2. The zero-order chi connectivity index (χ0) is 15.7. The molecule has 0 radical (unpaired) electrons. The van der Waals surface area contributed by atoms with Crippen LogP contribution in [0.25, 0.3) is 0 Å². The third-order valence-corrected chi connectivity index (χ3v) is 3.50. The summed E-state index contributed by atoms with van der Waals surface area (Å²) in [6.45, 7) is 3.56. The molecule has 0 spiro atoms. The molecule has 0 aliphatic heterocycles. The standard InChI is InChI=1S/C17H26N2O2.ClH/c1-4-5-14-6-8-15(9-7-14)16(20)10-11-17(21)19(3)13-12-18-2;/h6-9,18H,4-5,10-13H2,1-3H3;1H. The number of Topliss-reactive ketones (excluding diaryl/α,β-unsaturated/α-hetero) is 1. The highest BCUT2D eigenvalue weighted by Gasteiger charge is 2.12. The second-order valence-electron chi connectivity index (χ2n) is 5.29. The molecule has 0 bridgehead atoms. The van der Waals surface area contributed by atoms with E-state index >= 15 is 0 Å². The maximum atomic E-state index is 12.1. The van der Waals surface area contributed by atoms with Crippen molar-refractivity contribution in [3.05, 3.63) is 35.4 Å². The normalized spacial score (nSPS) is 9.95. The van der Waals surface area contributed by atoms with Crippen molar-refractivity contribution in [1.29, 1.82) is 0 Å². The molecular weight excluding hydrogens is 300 g/mol. The predicted molar refractivity (Wildman–Crippen MR) is 92.8 cm³/mol. The molecule has 0 saturated carbocycles. The first-order valence-corrected chi connectivity index (χ1v) is 7.59. The smallest absolute Gasteiger partial charge is 0.222 e. The third kappa shape index (κ3) is 7.05. The van der Waals surface area contributed by atoms with Gasteiger partial charge in [-0.2, -0.15) is 0 Å². The topological polar surface area (TPSA) is 49.4 Å². The van der Waals surface area contributed by atoms with E-state index in [-0.39, 0.29) is 36.9 Å². The molecule has 1 aromatic rings. The number of rotatable bonds is 9. The highest BCUT2D eigenvalue weighted by atomic mass is 35.5. The molecule has 0 aliphatic carbocycles. The van der Waals surface area contributed by atoms with Crippen molar-refractivity contribution in [1.82, 2.24) is 10.2 Å². The lowest BCUT2D eigenvalue weighted by atomic mass is 10.0. The van der Waals surface area contributed by atoms with Gasteiger partial charge in [0, 0.05) is 38.5 Å². The van der Waals surface area contributed by atoms with Crippen LogP contribution in [-0.4, -0.2) is 43.8 Å². The molecular formula is C17H27ClN2O2. The molecule has 124 valence electrons. The number of ketones is 1. The number of benzene rings is 1. The largest absolute Gasteiger partial charge is 0.344 e. The first-order valence-electron chi connectivity index (χ1n) is 7.59. The first kappa shape index (κ1) is 20.6. The van der Waals surface area contributed by atoms with Gasteiger partial charge in [0.05, 0.1) is 0 Å². The Morgan fingerprint density at radius 3 is 2.32 bits per heavy atom. The number of likely N-dealkylation sites (N-methyl/N-ethyl adjacent to an activating group) is 2. The second-order valence-corrected chi connectivity index (χ2v) is 5.29. The summed E-state index contributed by atoms with van der Waals surface area (Å²) in [4.78, 5) is 25.6. The Morgan fingerprint density at radius 2 is 1.77 bits per heavy atom. The van der Waals surface area contributed by atoms with Crippen LogP contribution in [0.2, 0.25) is 0 Å². The number of amides is 1. The van der Waals surface area contributed by atoms with Gasteiger partial charge in [0.15, 0.2) is 5.78 Å². The van der Waals surface area contributed by atoms with Gasteiger partial charge in [0.1, 0.15) is 0 Å². The Labute approximate surface area is 139 Å². The van der Waals surface area contributed by atoms with Crippen LogP contribution in [0.4, 0.5) is 0 Å². The fourth-order valence-electron chi connectivity index (χ4n) is 2.11. The van der Waals surface area contributed by atoms with E-state index < -0.39 is 0 Å². The van der Waals surface area contributed by atoms with Crippen LogP contribution in [0.15, 0.2) is 24.3 Å². The molecule has 1 aromatic carbocycles. The molecule has 0 aliphatic rings. The van der Waals surface area contributed by atoms with Gasteiger partial charge in [-0.05, 0) is 19.0 Å². The van der Waals surface area contributed by atoms with Crippen molar-refractivity contribution in [3.8, 4) is 0 Å². The number of aryl methyl sites for hydroxylation is 1. The van der Waals surface area contributed by atoms with Crippen LogP contribution in [0.1, 0.15) is 42.1 Å². The predicted octanol–water partition coefficient (Wildman–Crippen LogP) is 2.70. The van der Waals surface area contributed by atoms with Gasteiger partial charge >= 0.3 is 0 Å².